The third-order valence-corrected chi connectivity index (χ3v) is 3.42. The Morgan fingerprint density at radius 3 is 2.55 bits per heavy atom. The number of nitro benzene ring substituents is 1. The zero-order chi connectivity index (χ0) is 16.1. The first-order valence-corrected chi connectivity index (χ1v) is 6.88. The summed E-state index contributed by atoms with van der Waals surface area (Å²) in [7, 11) is 1.37. The topological polar surface area (TPSA) is 84.6 Å². The van der Waals surface area contributed by atoms with E-state index < -0.39 is 4.92 Å². The van der Waals surface area contributed by atoms with Crippen molar-refractivity contribution in [2.24, 2.45) is 0 Å². The molecule has 0 aliphatic heterocycles. The molecule has 7 heteroatoms. The average molecular weight is 323 g/mol. The number of nitrogens with zero attached hydrogens (tertiary/aromatic N) is 1. The third kappa shape index (κ3) is 3.66. The van der Waals surface area contributed by atoms with Crippen LogP contribution in [-0.2, 0) is 0 Å². The molecule has 0 bridgehead atoms. The van der Waals surface area contributed by atoms with E-state index in [0.29, 0.717) is 10.7 Å². The fraction of sp³-hybridized carbons (Fsp3) is 0.200. The molecule has 0 aliphatic rings. The highest BCUT2D eigenvalue weighted by Crippen LogP contribution is 2.31. The molecule has 0 aliphatic carbocycles. The van der Waals surface area contributed by atoms with Crippen LogP contribution in [0.4, 0.5) is 11.4 Å². The number of methoxy groups -OCH3 is 1. The van der Waals surface area contributed by atoms with Crippen LogP contribution in [0.1, 0.15) is 11.6 Å². The van der Waals surface area contributed by atoms with Gasteiger partial charge in [0.25, 0.3) is 0 Å². The van der Waals surface area contributed by atoms with Crippen molar-refractivity contribution in [3.63, 3.8) is 0 Å². The van der Waals surface area contributed by atoms with E-state index in [4.69, 9.17) is 16.3 Å². The molecule has 0 aromatic heterocycles. The second-order valence-electron chi connectivity index (χ2n) is 4.57. The van der Waals surface area contributed by atoms with E-state index >= 15 is 0 Å². The minimum Gasteiger partial charge on any atom is -0.490 e. The number of nitrogens with one attached hydrogen (secondary N) is 1. The molecule has 0 saturated carbocycles. The molecular weight excluding hydrogens is 308 g/mol. The smallest absolute Gasteiger partial charge is 0.311 e. The van der Waals surface area contributed by atoms with Crippen molar-refractivity contribution in [1.29, 1.82) is 0 Å². The van der Waals surface area contributed by atoms with E-state index in [-0.39, 0.29) is 24.1 Å². The predicted molar refractivity (Wildman–Crippen MR) is 84.5 cm³/mol. The highest BCUT2D eigenvalue weighted by Gasteiger charge is 2.16. The lowest BCUT2D eigenvalue weighted by molar-refractivity contribution is -0.385. The van der Waals surface area contributed by atoms with Gasteiger partial charge in [-0.1, -0.05) is 23.7 Å². The van der Waals surface area contributed by atoms with E-state index in [0.717, 1.165) is 5.56 Å². The Kier molecular flexibility index (Phi) is 5.19. The summed E-state index contributed by atoms with van der Waals surface area (Å²) < 4.78 is 5.02. The number of hydrogen-bond donors (Lipinski definition) is 2. The van der Waals surface area contributed by atoms with Gasteiger partial charge in [-0.3, -0.25) is 10.1 Å². The minimum atomic E-state index is -0.509. The molecule has 2 rings (SSSR count). The molecular formula is C15H15ClN2O4. The molecule has 2 aromatic rings. The molecule has 0 radical (unpaired) electrons. The second-order valence-corrected chi connectivity index (χ2v) is 5.01. The first kappa shape index (κ1) is 16.1. The maximum Gasteiger partial charge on any atom is 0.311 e. The van der Waals surface area contributed by atoms with Gasteiger partial charge in [0.15, 0.2) is 5.75 Å². The van der Waals surface area contributed by atoms with Crippen molar-refractivity contribution < 1.29 is 14.8 Å². The van der Waals surface area contributed by atoms with E-state index in [2.05, 4.69) is 5.32 Å². The number of rotatable bonds is 6. The number of anilines is 1. The predicted octanol–water partition coefficient (Wildman–Crippen LogP) is 3.40. The Labute approximate surface area is 132 Å². The first-order chi connectivity index (χ1) is 10.5. The Morgan fingerprint density at radius 1 is 1.32 bits per heavy atom. The van der Waals surface area contributed by atoms with Gasteiger partial charge in [0, 0.05) is 22.8 Å². The highest BCUT2D eigenvalue weighted by atomic mass is 35.5. The number of halogens is 1. The number of nitro groups is 1. The zero-order valence-corrected chi connectivity index (χ0v) is 12.6. The van der Waals surface area contributed by atoms with Gasteiger partial charge in [-0.15, -0.1) is 0 Å². The highest BCUT2D eigenvalue weighted by molar-refractivity contribution is 6.30. The summed E-state index contributed by atoms with van der Waals surface area (Å²) in [5, 5.41) is 24.1. The van der Waals surface area contributed by atoms with Crippen LogP contribution >= 0.6 is 11.6 Å². The zero-order valence-electron chi connectivity index (χ0n) is 11.8. The third-order valence-electron chi connectivity index (χ3n) is 3.17. The van der Waals surface area contributed by atoms with Gasteiger partial charge in [-0.05, 0) is 23.8 Å². The molecule has 1 atom stereocenters. The molecule has 0 fully saturated rings. The minimum absolute atomic E-state index is 0.111. The summed E-state index contributed by atoms with van der Waals surface area (Å²) in [6.45, 7) is -0.138. The summed E-state index contributed by atoms with van der Waals surface area (Å²) >= 11 is 5.84. The van der Waals surface area contributed by atoms with E-state index in [9.17, 15) is 15.2 Å². The van der Waals surface area contributed by atoms with E-state index in [1.165, 1.54) is 19.2 Å². The normalized spacial score (nSPS) is 11.8. The van der Waals surface area contributed by atoms with Crippen molar-refractivity contribution >= 4 is 23.0 Å². The summed E-state index contributed by atoms with van der Waals surface area (Å²) in [4.78, 5) is 10.4. The monoisotopic (exact) mass is 322 g/mol. The molecule has 0 amide bonds. The fourth-order valence-corrected chi connectivity index (χ4v) is 2.17. The van der Waals surface area contributed by atoms with Gasteiger partial charge in [0.1, 0.15) is 0 Å². The van der Waals surface area contributed by atoms with Crippen LogP contribution in [0.25, 0.3) is 0 Å². The van der Waals surface area contributed by atoms with Crippen LogP contribution in [0, 0.1) is 10.1 Å². The average Bonchev–Trinajstić information content (AvgIpc) is 2.53. The van der Waals surface area contributed by atoms with Crippen LogP contribution in [0.5, 0.6) is 5.75 Å². The van der Waals surface area contributed by atoms with Gasteiger partial charge in [-0.2, -0.15) is 0 Å². The van der Waals surface area contributed by atoms with Crippen LogP contribution in [0.15, 0.2) is 42.5 Å². The van der Waals surface area contributed by atoms with Gasteiger partial charge < -0.3 is 15.2 Å². The molecule has 22 heavy (non-hydrogen) atoms. The Balaban J connectivity index is 2.24. The van der Waals surface area contributed by atoms with E-state index in [1.54, 1.807) is 30.3 Å². The summed E-state index contributed by atoms with van der Waals surface area (Å²) in [5.74, 6) is 0.155. The SMILES string of the molecule is COc1cc(NC(CO)c2ccc(Cl)cc2)ccc1[N+](=O)[O-]. The maximum absolute atomic E-state index is 10.9. The lowest BCUT2D eigenvalue weighted by Crippen LogP contribution is -2.14. The van der Waals surface area contributed by atoms with Crippen molar-refractivity contribution in [2.45, 2.75) is 6.04 Å². The number of benzene rings is 2. The number of aliphatic hydroxyl groups excluding tert-OH is 1. The lowest BCUT2D eigenvalue weighted by Gasteiger charge is -2.18. The Morgan fingerprint density at radius 2 is 2.00 bits per heavy atom. The maximum atomic E-state index is 10.9. The Bertz CT molecular complexity index is 661. The summed E-state index contributed by atoms with van der Waals surface area (Å²) in [5.41, 5.74) is 1.35. The van der Waals surface area contributed by atoms with Crippen LogP contribution in [0.2, 0.25) is 5.02 Å². The summed E-state index contributed by atoms with van der Waals surface area (Å²) in [6.07, 6.45) is 0. The second kappa shape index (κ2) is 7.11. The van der Waals surface area contributed by atoms with Gasteiger partial charge in [-0.25, -0.2) is 0 Å². The number of aliphatic hydroxyl groups is 1. The molecule has 6 nitrogen and oxygen atoms in total. The fourth-order valence-electron chi connectivity index (χ4n) is 2.05. The van der Waals surface area contributed by atoms with Crippen molar-refractivity contribution in [3.05, 3.63) is 63.2 Å². The quantitative estimate of drug-likeness (QED) is 0.629. The van der Waals surface area contributed by atoms with Crippen molar-refractivity contribution in [3.8, 4) is 5.75 Å². The van der Waals surface area contributed by atoms with Gasteiger partial charge in [0.05, 0.1) is 24.7 Å². The van der Waals surface area contributed by atoms with Gasteiger partial charge in [0.2, 0.25) is 0 Å². The van der Waals surface area contributed by atoms with Crippen LogP contribution < -0.4 is 10.1 Å². The molecule has 1 unspecified atom stereocenters. The molecule has 0 heterocycles. The molecule has 2 aromatic carbocycles. The van der Waals surface area contributed by atoms with E-state index in [1.807, 2.05) is 0 Å². The number of ether oxygens (including phenoxy) is 1. The van der Waals surface area contributed by atoms with Crippen molar-refractivity contribution in [1.82, 2.24) is 0 Å². The van der Waals surface area contributed by atoms with Crippen LogP contribution in [0.3, 0.4) is 0 Å². The van der Waals surface area contributed by atoms with Gasteiger partial charge >= 0.3 is 5.69 Å². The molecule has 0 spiro atoms. The molecule has 116 valence electrons. The number of hydrogen-bond acceptors (Lipinski definition) is 5. The van der Waals surface area contributed by atoms with Crippen molar-refractivity contribution in [2.75, 3.05) is 19.0 Å². The standard InChI is InChI=1S/C15H15ClN2O4/c1-22-15-8-12(6-7-14(15)18(20)21)17-13(9-19)10-2-4-11(16)5-3-10/h2-8,13,17,19H,9H2,1H3. The van der Waals surface area contributed by atoms with Crippen LogP contribution in [-0.4, -0.2) is 23.7 Å². The lowest BCUT2D eigenvalue weighted by atomic mass is 10.1. The first-order valence-electron chi connectivity index (χ1n) is 6.50. The summed E-state index contributed by atoms with van der Waals surface area (Å²) in [6, 6.07) is 11.2. The largest absolute Gasteiger partial charge is 0.490 e. The molecule has 0 saturated heterocycles. The molecule has 2 N–H and O–H groups in total. The Hall–Kier alpha value is -2.31.